The van der Waals surface area contributed by atoms with Gasteiger partial charge in [0.2, 0.25) is 10.0 Å². The van der Waals surface area contributed by atoms with Gasteiger partial charge in [-0.05, 0) is 43.4 Å². The minimum Gasteiger partial charge on any atom is -0.330 e. The van der Waals surface area contributed by atoms with Crippen LogP contribution in [0.5, 0.6) is 0 Å². The maximum atomic E-state index is 12.0. The molecule has 0 spiro atoms. The lowest BCUT2D eigenvalue weighted by Crippen LogP contribution is -2.28. The van der Waals surface area contributed by atoms with Gasteiger partial charge in [0.1, 0.15) is 0 Å². The molecule has 2 rings (SSSR count). The molecule has 0 amide bonds. The zero-order valence-electron chi connectivity index (χ0n) is 10.9. The van der Waals surface area contributed by atoms with Crippen LogP contribution in [0.25, 0.3) is 0 Å². The van der Waals surface area contributed by atoms with Crippen LogP contribution in [-0.2, 0) is 10.0 Å². The lowest BCUT2D eigenvalue weighted by atomic mass is 10.0. The molecule has 0 unspecified atom stereocenters. The minimum absolute atomic E-state index is 0.0284. The molecule has 0 saturated heterocycles. The van der Waals surface area contributed by atoms with Gasteiger partial charge < -0.3 is 5.73 Å². The van der Waals surface area contributed by atoms with Crippen molar-refractivity contribution in [3.8, 4) is 0 Å². The topological polar surface area (TPSA) is 115 Å². The normalized spacial score (nSPS) is 16.9. The van der Waals surface area contributed by atoms with E-state index in [1.807, 2.05) is 0 Å². The molecule has 0 radical (unpaired) electrons. The van der Waals surface area contributed by atoms with Crippen molar-refractivity contribution in [2.24, 2.45) is 11.1 Å². The van der Waals surface area contributed by atoms with E-state index in [0.29, 0.717) is 13.1 Å². The van der Waals surface area contributed by atoms with E-state index in [1.54, 1.807) is 0 Å². The first-order valence-electron chi connectivity index (χ1n) is 6.33. The Morgan fingerprint density at radius 3 is 2.35 bits per heavy atom. The Hall–Kier alpha value is -1.51. The van der Waals surface area contributed by atoms with Crippen LogP contribution < -0.4 is 10.5 Å². The van der Waals surface area contributed by atoms with Crippen molar-refractivity contribution in [1.82, 2.24) is 4.72 Å². The molecule has 1 aliphatic carbocycles. The molecule has 1 aromatic carbocycles. The summed E-state index contributed by atoms with van der Waals surface area (Å²) in [6.07, 6.45) is 2.81. The zero-order valence-corrected chi connectivity index (χ0v) is 11.7. The van der Waals surface area contributed by atoms with Gasteiger partial charge >= 0.3 is 0 Å². The van der Waals surface area contributed by atoms with Crippen molar-refractivity contribution < 1.29 is 13.3 Å². The van der Waals surface area contributed by atoms with Crippen molar-refractivity contribution in [2.75, 3.05) is 13.1 Å². The minimum atomic E-state index is -3.62. The number of nitrogens with one attached hydrogen (secondary N) is 1. The molecule has 0 aliphatic heterocycles. The Bertz CT molecular complexity index is 594. The van der Waals surface area contributed by atoms with Crippen LogP contribution in [0.2, 0.25) is 0 Å². The first-order chi connectivity index (χ1) is 9.38. The third-order valence-electron chi connectivity index (χ3n) is 3.70. The maximum Gasteiger partial charge on any atom is 0.269 e. The Balaban J connectivity index is 1.97. The number of sulfonamides is 1. The first-order valence-corrected chi connectivity index (χ1v) is 7.81. The van der Waals surface area contributed by atoms with Gasteiger partial charge in [-0.3, -0.25) is 10.1 Å². The average molecular weight is 299 g/mol. The second-order valence-corrected chi connectivity index (χ2v) is 6.87. The van der Waals surface area contributed by atoms with Crippen LogP contribution in [-0.4, -0.2) is 26.4 Å². The summed E-state index contributed by atoms with van der Waals surface area (Å²) in [5.41, 5.74) is 5.61. The number of hydrogen-bond donors (Lipinski definition) is 2. The molecular formula is C12H17N3O4S. The SMILES string of the molecule is NCC1(CCNS(=O)(=O)c2ccc([N+](=O)[O-])cc2)CC1. The number of benzene rings is 1. The molecule has 0 aromatic heterocycles. The Labute approximate surface area is 117 Å². The summed E-state index contributed by atoms with van der Waals surface area (Å²) in [5, 5.41) is 10.5. The van der Waals surface area contributed by atoms with E-state index in [2.05, 4.69) is 4.72 Å². The van der Waals surface area contributed by atoms with Gasteiger partial charge in [0, 0.05) is 18.7 Å². The molecule has 1 aliphatic rings. The standard InChI is InChI=1S/C12H17N3O4S/c13-9-12(5-6-12)7-8-14-20(18,19)11-3-1-10(2-4-11)15(16)17/h1-4,14H,5-9,13H2. The summed E-state index contributed by atoms with van der Waals surface area (Å²) in [5.74, 6) is 0. The number of nitro groups is 1. The third-order valence-corrected chi connectivity index (χ3v) is 5.17. The maximum absolute atomic E-state index is 12.0. The number of hydrogen-bond acceptors (Lipinski definition) is 5. The lowest BCUT2D eigenvalue weighted by molar-refractivity contribution is -0.384. The quantitative estimate of drug-likeness (QED) is 0.575. The van der Waals surface area contributed by atoms with E-state index < -0.39 is 14.9 Å². The molecule has 7 nitrogen and oxygen atoms in total. The highest BCUT2D eigenvalue weighted by Crippen LogP contribution is 2.47. The van der Waals surface area contributed by atoms with Crippen molar-refractivity contribution in [1.29, 1.82) is 0 Å². The summed E-state index contributed by atoms with van der Waals surface area (Å²) in [7, 11) is -3.62. The van der Waals surface area contributed by atoms with Crippen molar-refractivity contribution >= 4 is 15.7 Å². The van der Waals surface area contributed by atoms with E-state index in [1.165, 1.54) is 24.3 Å². The highest BCUT2D eigenvalue weighted by atomic mass is 32.2. The third kappa shape index (κ3) is 3.33. The number of nitrogens with two attached hydrogens (primary N) is 1. The summed E-state index contributed by atoms with van der Waals surface area (Å²) >= 11 is 0. The average Bonchev–Trinajstić information content (AvgIpc) is 3.19. The fraction of sp³-hybridized carbons (Fsp3) is 0.500. The first kappa shape index (κ1) is 14.9. The van der Waals surface area contributed by atoms with Crippen LogP contribution in [0.15, 0.2) is 29.2 Å². The van der Waals surface area contributed by atoms with Gasteiger partial charge in [-0.15, -0.1) is 0 Å². The zero-order chi connectivity index (χ0) is 14.8. The van der Waals surface area contributed by atoms with Gasteiger partial charge in [0.05, 0.1) is 9.82 Å². The highest BCUT2D eigenvalue weighted by molar-refractivity contribution is 7.89. The number of nitro benzene ring substituents is 1. The van der Waals surface area contributed by atoms with Gasteiger partial charge in [-0.2, -0.15) is 0 Å². The molecule has 20 heavy (non-hydrogen) atoms. The predicted octanol–water partition coefficient (Wildman–Crippen LogP) is 1.00. The second kappa shape index (κ2) is 5.47. The highest BCUT2D eigenvalue weighted by Gasteiger charge is 2.40. The van der Waals surface area contributed by atoms with Gasteiger partial charge in [-0.1, -0.05) is 0 Å². The summed E-state index contributed by atoms with van der Waals surface area (Å²) in [6.45, 7) is 0.906. The summed E-state index contributed by atoms with van der Waals surface area (Å²) in [4.78, 5) is 9.97. The lowest BCUT2D eigenvalue weighted by Gasteiger charge is -2.12. The van der Waals surface area contributed by atoms with Crippen molar-refractivity contribution in [3.63, 3.8) is 0 Å². The molecule has 0 heterocycles. The molecule has 8 heteroatoms. The van der Waals surface area contributed by atoms with Crippen molar-refractivity contribution in [3.05, 3.63) is 34.4 Å². The van der Waals surface area contributed by atoms with Gasteiger partial charge in [0.25, 0.3) is 5.69 Å². The monoisotopic (exact) mass is 299 g/mol. The van der Waals surface area contributed by atoms with E-state index in [4.69, 9.17) is 5.73 Å². The van der Waals surface area contributed by atoms with Crippen molar-refractivity contribution in [2.45, 2.75) is 24.2 Å². The Kier molecular flexibility index (Phi) is 4.07. The molecule has 1 aromatic rings. The molecule has 110 valence electrons. The molecule has 3 N–H and O–H groups in total. The van der Waals surface area contributed by atoms with Crippen LogP contribution >= 0.6 is 0 Å². The van der Waals surface area contributed by atoms with E-state index in [0.717, 1.165) is 19.3 Å². The van der Waals surface area contributed by atoms with Crippen LogP contribution in [0.1, 0.15) is 19.3 Å². The fourth-order valence-corrected chi connectivity index (χ4v) is 3.05. The van der Waals surface area contributed by atoms with Crippen LogP contribution in [0.4, 0.5) is 5.69 Å². The number of rotatable bonds is 7. The molecule has 0 atom stereocenters. The van der Waals surface area contributed by atoms with Gasteiger partial charge in [0.15, 0.2) is 0 Å². The summed E-state index contributed by atoms with van der Waals surface area (Å²) in [6, 6.07) is 4.82. The fourth-order valence-electron chi connectivity index (χ4n) is 2.01. The molecular weight excluding hydrogens is 282 g/mol. The molecule has 1 saturated carbocycles. The largest absolute Gasteiger partial charge is 0.330 e. The Morgan fingerprint density at radius 2 is 1.90 bits per heavy atom. The second-order valence-electron chi connectivity index (χ2n) is 5.10. The molecule has 0 bridgehead atoms. The van der Waals surface area contributed by atoms with E-state index >= 15 is 0 Å². The predicted molar refractivity (Wildman–Crippen MR) is 73.6 cm³/mol. The smallest absolute Gasteiger partial charge is 0.269 e. The Morgan fingerprint density at radius 1 is 1.30 bits per heavy atom. The van der Waals surface area contributed by atoms with Crippen LogP contribution in [0, 0.1) is 15.5 Å². The number of nitrogens with zero attached hydrogens (tertiary/aromatic N) is 1. The molecule has 1 fully saturated rings. The van der Waals surface area contributed by atoms with Crippen LogP contribution in [0.3, 0.4) is 0 Å². The van der Waals surface area contributed by atoms with E-state index in [9.17, 15) is 18.5 Å². The summed E-state index contributed by atoms with van der Waals surface area (Å²) < 4.78 is 26.5. The number of non-ortho nitro benzene ring substituents is 1. The van der Waals surface area contributed by atoms with Gasteiger partial charge in [-0.25, -0.2) is 13.1 Å². The van der Waals surface area contributed by atoms with E-state index in [-0.39, 0.29) is 16.0 Å².